The van der Waals surface area contributed by atoms with Crippen molar-refractivity contribution in [3.05, 3.63) is 34.9 Å². The molecule has 0 saturated heterocycles. The number of amidine groups is 1. The number of halogens is 4. The summed E-state index contributed by atoms with van der Waals surface area (Å²) in [6.45, 7) is -0.212. The normalized spacial score (nSPS) is 8.73. The van der Waals surface area contributed by atoms with E-state index in [0.29, 0.717) is 0 Å². The molecule has 1 rings (SSSR count). The minimum absolute atomic E-state index is 0. The molecule has 0 amide bonds. The first-order valence-corrected chi connectivity index (χ1v) is 3.58. The second kappa shape index (κ2) is 6.55. The lowest BCUT2D eigenvalue weighted by Gasteiger charge is -2.04. The summed E-state index contributed by atoms with van der Waals surface area (Å²) in [5.41, 5.74) is 10.0. The van der Waals surface area contributed by atoms with E-state index in [1.807, 2.05) is 0 Å². The van der Waals surface area contributed by atoms with Crippen molar-refractivity contribution in [1.82, 2.24) is 0 Å². The molecule has 0 aliphatic carbocycles. The lowest BCUT2D eigenvalue weighted by Crippen LogP contribution is -2.13. The molecule has 0 spiro atoms. The van der Waals surface area contributed by atoms with E-state index >= 15 is 0 Å². The summed E-state index contributed by atoms with van der Waals surface area (Å²) in [7, 11) is 0. The molecule has 0 aromatic heterocycles. The van der Waals surface area contributed by atoms with Gasteiger partial charge in [0, 0.05) is 17.7 Å². The summed E-state index contributed by atoms with van der Waals surface area (Å²) in [6, 6.07) is 1.99. The van der Waals surface area contributed by atoms with Gasteiger partial charge in [0.1, 0.15) is 17.5 Å². The third kappa shape index (κ3) is 3.62. The molecule has 0 atom stereocenters. The average molecular weight is 258 g/mol. The van der Waals surface area contributed by atoms with Crippen molar-refractivity contribution in [3.8, 4) is 0 Å². The summed E-state index contributed by atoms with van der Waals surface area (Å²) in [5, 5.41) is 6.97. The van der Waals surface area contributed by atoms with Gasteiger partial charge in [0.15, 0.2) is 0 Å². The van der Waals surface area contributed by atoms with Crippen LogP contribution in [0.1, 0.15) is 11.1 Å². The molecule has 86 valence electrons. The van der Waals surface area contributed by atoms with Gasteiger partial charge >= 0.3 is 0 Å². The van der Waals surface area contributed by atoms with Crippen LogP contribution in [0.3, 0.4) is 0 Å². The molecule has 0 radical (unpaired) electrons. The molecular formula is C8H11Cl2F2N3. The molecule has 0 aliphatic heterocycles. The van der Waals surface area contributed by atoms with Crippen LogP contribution in [0.2, 0.25) is 0 Å². The van der Waals surface area contributed by atoms with Crippen LogP contribution in [0.25, 0.3) is 0 Å². The smallest absolute Gasteiger partial charge is 0.131 e. The van der Waals surface area contributed by atoms with Crippen LogP contribution >= 0.6 is 24.8 Å². The summed E-state index contributed by atoms with van der Waals surface area (Å²) in [6.07, 6.45) is 0. The Morgan fingerprint density at radius 3 is 1.87 bits per heavy atom. The van der Waals surface area contributed by atoms with Gasteiger partial charge in [-0.25, -0.2) is 8.78 Å². The van der Waals surface area contributed by atoms with Crippen LogP contribution < -0.4 is 11.5 Å². The van der Waals surface area contributed by atoms with E-state index in [0.717, 1.165) is 12.1 Å². The molecule has 5 N–H and O–H groups in total. The lowest BCUT2D eigenvalue weighted by molar-refractivity contribution is 0.556. The van der Waals surface area contributed by atoms with Crippen molar-refractivity contribution in [1.29, 1.82) is 5.41 Å². The molecule has 15 heavy (non-hydrogen) atoms. The van der Waals surface area contributed by atoms with Crippen molar-refractivity contribution in [2.24, 2.45) is 11.5 Å². The second-order valence-electron chi connectivity index (χ2n) is 2.54. The molecule has 0 saturated carbocycles. The molecule has 1 aromatic carbocycles. The van der Waals surface area contributed by atoms with Crippen molar-refractivity contribution in [2.75, 3.05) is 0 Å². The largest absolute Gasteiger partial charge is 0.384 e. The maximum Gasteiger partial charge on any atom is 0.131 e. The predicted octanol–water partition coefficient (Wildman–Crippen LogP) is 1.55. The minimum Gasteiger partial charge on any atom is -0.384 e. The van der Waals surface area contributed by atoms with Gasteiger partial charge in [0.2, 0.25) is 0 Å². The fourth-order valence-corrected chi connectivity index (χ4v) is 0.954. The highest BCUT2D eigenvalue weighted by atomic mass is 35.5. The van der Waals surface area contributed by atoms with E-state index in [1.165, 1.54) is 0 Å². The van der Waals surface area contributed by atoms with E-state index in [4.69, 9.17) is 16.9 Å². The van der Waals surface area contributed by atoms with Gasteiger partial charge in [-0.2, -0.15) is 0 Å². The van der Waals surface area contributed by atoms with E-state index in [1.54, 1.807) is 0 Å². The Bertz CT molecular complexity index is 335. The van der Waals surface area contributed by atoms with Gasteiger partial charge in [0.25, 0.3) is 0 Å². The standard InChI is InChI=1S/C8H9F2N3.2ClH/c9-6-1-4(8(12)13)2-7(10)5(6)3-11;;/h1-2H,3,11H2,(H3,12,13);2*1H. The van der Waals surface area contributed by atoms with Gasteiger partial charge in [-0.3, -0.25) is 5.41 Å². The Balaban J connectivity index is 0. The Labute approximate surface area is 98.2 Å². The predicted molar refractivity (Wildman–Crippen MR) is 59.8 cm³/mol. The zero-order valence-corrected chi connectivity index (χ0v) is 9.22. The maximum absolute atomic E-state index is 13.0. The van der Waals surface area contributed by atoms with Gasteiger partial charge in [-0.05, 0) is 12.1 Å². The van der Waals surface area contributed by atoms with Crippen LogP contribution in [-0.2, 0) is 6.54 Å². The van der Waals surface area contributed by atoms with Crippen LogP contribution in [0.15, 0.2) is 12.1 Å². The first-order chi connectivity index (χ1) is 6.06. The molecule has 7 heteroatoms. The van der Waals surface area contributed by atoms with E-state index in [2.05, 4.69) is 0 Å². The first-order valence-electron chi connectivity index (χ1n) is 3.58. The Kier molecular flexibility index (Phi) is 7.21. The highest BCUT2D eigenvalue weighted by Gasteiger charge is 2.10. The number of nitrogen functional groups attached to an aromatic ring is 1. The van der Waals surface area contributed by atoms with E-state index < -0.39 is 11.6 Å². The molecule has 0 aliphatic rings. The SMILES string of the molecule is Cl.Cl.N=C(N)c1cc(F)c(CN)c(F)c1. The van der Waals surface area contributed by atoms with Gasteiger partial charge in [-0.1, -0.05) is 0 Å². The number of nitrogens with one attached hydrogen (secondary N) is 1. The van der Waals surface area contributed by atoms with Crippen molar-refractivity contribution in [2.45, 2.75) is 6.54 Å². The fraction of sp³-hybridized carbons (Fsp3) is 0.125. The number of benzene rings is 1. The third-order valence-electron chi connectivity index (χ3n) is 1.66. The second-order valence-corrected chi connectivity index (χ2v) is 2.54. The van der Waals surface area contributed by atoms with E-state index in [-0.39, 0.29) is 48.3 Å². The van der Waals surface area contributed by atoms with Crippen molar-refractivity contribution < 1.29 is 8.78 Å². The monoisotopic (exact) mass is 257 g/mol. The zero-order valence-electron chi connectivity index (χ0n) is 7.59. The molecule has 3 nitrogen and oxygen atoms in total. The Hall–Kier alpha value is -0.910. The molecule has 0 fully saturated rings. The highest BCUT2D eigenvalue weighted by molar-refractivity contribution is 5.94. The van der Waals surface area contributed by atoms with Gasteiger partial charge in [-0.15, -0.1) is 24.8 Å². The molecular weight excluding hydrogens is 247 g/mol. The maximum atomic E-state index is 13.0. The molecule has 0 bridgehead atoms. The summed E-state index contributed by atoms with van der Waals surface area (Å²) in [5.74, 6) is -1.92. The Morgan fingerprint density at radius 1 is 1.20 bits per heavy atom. The highest BCUT2D eigenvalue weighted by Crippen LogP contribution is 2.14. The van der Waals surface area contributed by atoms with Crippen LogP contribution in [-0.4, -0.2) is 5.84 Å². The fourth-order valence-electron chi connectivity index (χ4n) is 0.954. The average Bonchev–Trinajstić information content (AvgIpc) is 2.03. The zero-order chi connectivity index (χ0) is 10.0. The van der Waals surface area contributed by atoms with Gasteiger partial charge in [0.05, 0.1) is 0 Å². The molecule has 0 unspecified atom stereocenters. The number of hydrogen-bond donors (Lipinski definition) is 3. The van der Waals surface area contributed by atoms with Crippen molar-refractivity contribution >= 4 is 30.6 Å². The summed E-state index contributed by atoms with van der Waals surface area (Å²) in [4.78, 5) is 0. The van der Waals surface area contributed by atoms with Crippen LogP contribution in [0, 0.1) is 17.0 Å². The summed E-state index contributed by atoms with van der Waals surface area (Å²) >= 11 is 0. The van der Waals surface area contributed by atoms with Crippen LogP contribution in [0.4, 0.5) is 8.78 Å². The Morgan fingerprint density at radius 2 is 1.60 bits per heavy atom. The number of nitrogens with two attached hydrogens (primary N) is 2. The topological polar surface area (TPSA) is 75.9 Å². The van der Waals surface area contributed by atoms with Crippen molar-refractivity contribution in [3.63, 3.8) is 0 Å². The minimum atomic E-state index is -0.771. The van der Waals surface area contributed by atoms with E-state index in [9.17, 15) is 8.78 Å². The molecule has 0 heterocycles. The first kappa shape index (κ1) is 16.5. The summed E-state index contributed by atoms with van der Waals surface area (Å²) < 4.78 is 26.0. The third-order valence-corrected chi connectivity index (χ3v) is 1.66. The number of hydrogen-bond acceptors (Lipinski definition) is 2. The number of rotatable bonds is 2. The molecule has 1 aromatic rings. The van der Waals surface area contributed by atoms with Gasteiger partial charge < -0.3 is 11.5 Å². The quantitative estimate of drug-likeness (QED) is 0.556. The van der Waals surface area contributed by atoms with Crippen LogP contribution in [0.5, 0.6) is 0 Å². The lowest BCUT2D eigenvalue weighted by atomic mass is 10.1.